The van der Waals surface area contributed by atoms with Crippen molar-refractivity contribution in [1.82, 2.24) is 0 Å². The Morgan fingerprint density at radius 1 is 0.879 bits per heavy atom. The van der Waals surface area contributed by atoms with Gasteiger partial charge in [-0.15, -0.1) is 0 Å². The lowest BCUT2D eigenvalue weighted by atomic mass is 10.1. The first-order chi connectivity index (χ1) is 15.8. The fraction of sp³-hybridized carbons (Fsp3) is 0. The smallest absolute Gasteiger partial charge is 0.283 e. The number of hydrogen-bond donors (Lipinski definition) is 3. The summed E-state index contributed by atoms with van der Waals surface area (Å²) in [5.74, 6) is -2.05. The minimum atomic E-state index is -0.762. The monoisotopic (exact) mass is 501 g/mol. The van der Waals surface area contributed by atoms with Gasteiger partial charge in [-0.25, -0.2) is 4.90 Å². The quantitative estimate of drug-likeness (QED) is 0.321. The van der Waals surface area contributed by atoms with E-state index >= 15 is 0 Å². The molecule has 4 rings (SSSR count). The van der Waals surface area contributed by atoms with Gasteiger partial charge in [0.05, 0.1) is 16.4 Å². The number of nitrogens with one attached hydrogen (secondary N) is 2. The van der Waals surface area contributed by atoms with Gasteiger partial charge in [0.25, 0.3) is 17.7 Å². The van der Waals surface area contributed by atoms with Crippen molar-refractivity contribution in [3.05, 3.63) is 93.1 Å². The van der Waals surface area contributed by atoms with E-state index in [0.29, 0.717) is 5.69 Å². The van der Waals surface area contributed by atoms with Gasteiger partial charge < -0.3 is 15.7 Å². The number of nitrogens with zero attached hydrogens (tertiary/aromatic N) is 1. The highest BCUT2D eigenvalue weighted by molar-refractivity contribution is 6.54. The maximum absolute atomic E-state index is 13.0. The molecule has 3 aromatic rings. The third-order valence-electron chi connectivity index (χ3n) is 4.72. The second kappa shape index (κ2) is 9.15. The molecular formula is C23H14Cl3N3O4. The van der Waals surface area contributed by atoms with Crippen molar-refractivity contribution in [3.63, 3.8) is 0 Å². The summed E-state index contributed by atoms with van der Waals surface area (Å²) in [4.78, 5) is 39.1. The molecule has 0 saturated carbocycles. The predicted molar refractivity (Wildman–Crippen MR) is 128 cm³/mol. The maximum atomic E-state index is 13.0. The number of para-hydroxylation sites is 2. The van der Waals surface area contributed by atoms with Crippen LogP contribution in [0, 0.1) is 0 Å². The second-order valence-corrected chi connectivity index (χ2v) is 8.13. The van der Waals surface area contributed by atoms with Crippen LogP contribution in [0.1, 0.15) is 10.4 Å². The molecule has 7 nitrogen and oxygen atoms in total. The van der Waals surface area contributed by atoms with Crippen LogP contribution in [0.25, 0.3) is 0 Å². The van der Waals surface area contributed by atoms with E-state index in [0.717, 1.165) is 4.90 Å². The number of halogens is 3. The first-order valence-electron chi connectivity index (χ1n) is 9.46. The standard InChI is InChI=1S/C23H14Cl3N3O4/c24-13-8-9-15(25)17(11-13)29-22(32)19(26)20(23(29)33)27-14-5-3-4-12(10-14)21(31)28-16-6-1-2-7-18(16)30/h1-11,27,30H,(H,28,31). The molecular weight excluding hydrogens is 489 g/mol. The average Bonchev–Trinajstić information content (AvgIpc) is 3.00. The normalized spacial score (nSPS) is 13.5. The molecule has 3 N–H and O–H groups in total. The predicted octanol–water partition coefficient (Wildman–Crippen LogP) is 5.39. The van der Waals surface area contributed by atoms with Crippen molar-refractivity contribution in [2.45, 2.75) is 0 Å². The molecule has 0 fully saturated rings. The summed E-state index contributed by atoms with van der Waals surface area (Å²) < 4.78 is 0. The highest BCUT2D eigenvalue weighted by Crippen LogP contribution is 2.36. The number of aromatic hydroxyl groups is 1. The average molecular weight is 503 g/mol. The van der Waals surface area contributed by atoms with Gasteiger partial charge >= 0.3 is 0 Å². The molecule has 0 radical (unpaired) electrons. The lowest BCUT2D eigenvalue weighted by Gasteiger charge is -2.17. The van der Waals surface area contributed by atoms with E-state index in [9.17, 15) is 19.5 Å². The summed E-state index contributed by atoms with van der Waals surface area (Å²) in [5.41, 5.74) is 0.762. The van der Waals surface area contributed by atoms with Crippen LogP contribution in [-0.2, 0) is 9.59 Å². The molecule has 1 aliphatic heterocycles. The van der Waals surface area contributed by atoms with Gasteiger partial charge in [0.2, 0.25) is 0 Å². The van der Waals surface area contributed by atoms with Crippen molar-refractivity contribution in [2.24, 2.45) is 0 Å². The summed E-state index contributed by atoms with van der Waals surface area (Å²) in [7, 11) is 0. The number of phenols is 1. The largest absolute Gasteiger partial charge is 0.506 e. The summed E-state index contributed by atoms with van der Waals surface area (Å²) in [5, 5.41) is 15.4. The molecule has 10 heteroatoms. The molecule has 0 aromatic heterocycles. The first-order valence-corrected chi connectivity index (χ1v) is 10.6. The molecule has 3 aromatic carbocycles. The Balaban J connectivity index is 1.57. The Bertz CT molecular complexity index is 1340. The van der Waals surface area contributed by atoms with Gasteiger partial charge in [-0.2, -0.15) is 0 Å². The Kier molecular flexibility index (Phi) is 6.29. The Morgan fingerprint density at radius 2 is 1.64 bits per heavy atom. The molecule has 0 aliphatic carbocycles. The number of carbonyl (C=O) groups excluding carboxylic acids is 3. The van der Waals surface area contributed by atoms with E-state index in [4.69, 9.17) is 34.8 Å². The Hall–Kier alpha value is -3.52. The van der Waals surface area contributed by atoms with Gasteiger partial charge in [-0.1, -0.05) is 53.0 Å². The summed E-state index contributed by atoms with van der Waals surface area (Å²) in [6.07, 6.45) is 0. The lowest BCUT2D eigenvalue weighted by Crippen LogP contribution is -2.32. The van der Waals surface area contributed by atoms with Crippen molar-refractivity contribution in [1.29, 1.82) is 0 Å². The van der Waals surface area contributed by atoms with Gasteiger partial charge in [0.15, 0.2) is 0 Å². The molecule has 3 amide bonds. The Morgan fingerprint density at radius 3 is 2.39 bits per heavy atom. The van der Waals surface area contributed by atoms with Crippen LogP contribution in [0.4, 0.5) is 17.1 Å². The zero-order valence-electron chi connectivity index (χ0n) is 16.6. The highest BCUT2D eigenvalue weighted by Gasteiger charge is 2.40. The zero-order valence-corrected chi connectivity index (χ0v) is 18.9. The Labute approximate surface area is 203 Å². The van der Waals surface area contributed by atoms with Crippen LogP contribution >= 0.6 is 34.8 Å². The van der Waals surface area contributed by atoms with Crippen molar-refractivity contribution < 1.29 is 19.5 Å². The van der Waals surface area contributed by atoms with Crippen LogP contribution in [0.2, 0.25) is 10.0 Å². The van der Waals surface area contributed by atoms with Gasteiger partial charge in [-0.05, 0) is 48.5 Å². The van der Waals surface area contributed by atoms with Crippen molar-refractivity contribution in [2.75, 3.05) is 15.5 Å². The summed E-state index contributed by atoms with van der Waals surface area (Å²) >= 11 is 18.3. The summed E-state index contributed by atoms with van der Waals surface area (Å²) in [6, 6.07) is 16.9. The van der Waals surface area contributed by atoms with Crippen LogP contribution in [0.15, 0.2) is 77.5 Å². The van der Waals surface area contributed by atoms with Crippen LogP contribution < -0.4 is 15.5 Å². The van der Waals surface area contributed by atoms with Crippen LogP contribution in [-0.4, -0.2) is 22.8 Å². The number of anilines is 3. The number of imide groups is 1. The fourth-order valence-electron chi connectivity index (χ4n) is 3.14. The van der Waals surface area contributed by atoms with E-state index in [1.165, 1.54) is 30.3 Å². The molecule has 1 aliphatic rings. The number of hydrogen-bond acceptors (Lipinski definition) is 5. The van der Waals surface area contributed by atoms with E-state index in [-0.39, 0.29) is 43.5 Å². The van der Waals surface area contributed by atoms with E-state index < -0.39 is 17.7 Å². The SMILES string of the molecule is O=C(Nc1ccccc1O)c1cccc(NC2=C(Cl)C(=O)N(c3cc(Cl)ccc3Cl)C2=O)c1. The molecule has 0 saturated heterocycles. The number of amides is 3. The minimum Gasteiger partial charge on any atom is -0.506 e. The molecule has 0 unspecified atom stereocenters. The molecule has 0 bridgehead atoms. The minimum absolute atomic E-state index is 0.0769. The summed E-state index contributed by atoms with van der Waals surface area (Å²) in [6.45, 7) is 0. The number of phenolic OH excluding ortho intramolecular Hbond substituents is 1. The molecule has 33 heavy (non-hydrogen) atoms. The molecule has 1 heterocycles. The topological polar surface area (TPSA) is 98.7 Å². The molecule has 0 atom stereocenters. The fourth-order valence-corrected chi connectivity index (χ4v) is 3.72. The highest BCUT2D eigenvalue weighted by atomic mass is 35.5. The first kappa shape index (κ1) is 22.7. The number of benzene rings is 3. The van der Waals surface area contributed by atoms with E-state index in [1.54, 1.807) is 36.4 Å². The van der Waals surface area contributed by atoms with E-state index in [1.807, 2.05) is 0 Å². The second-order valence-electron chi connectivity index (χ2n) is 6.91. The van der Waals surface area contributed by atoms with Crippen LogP contribution in [0.5, 0.6) is 5.75 Å². The molecule has 166 valence electrons. The number of carbonyl (C=O) groups is 3. The van der Waals surface area contributed by atoms with E-state index in [2.05, 4.69) is 10.6 Å². The third kappa shape index (κ3) is 4.52. The van der Waals surface area contributed by atoms with Crippen LogP contribution in [0.3, 0.4) is 0 Å². The number of rotatable bonds is 5. The van der Waals surface area contributed by atoms with Crippen molar-refractivity contribution in [3.8, 4) is 5.75 Å². The molecule has 0 spiro atoms. The van der Waals surface area contributed by atoms with Gasteiger partial charge in [-0.3, -0.25) is 14.4 Å². The lowest BCUT2D eigenvalue weighted by molar-refractivity contribution is -0.120. The zero-order chi connectivity index (χ0) is 23.7. The van der Waals surface area contributed by atoms with Gasteiger partial charge in [0, 0.05) is 16.3 Å². The maximum Gasteiger partial charge on any atom is 0.283 e. The van der Waals surface area contributed by atoms with Crippen molar-refractivity contribution >= 4 is 69.6 Å². The van der Waals surface area contributed by atoms with Gasteiger partial charge in [0.1, 0.15) is 16.5 Å². The third-order valence-corrected chi connectivity index (χ3v) is 5.63.